The Morgan fingerprint density at radius 3 is 2.41 bits per heavy atom. The Kier molecular flexibility index (Phi) is 7.39. The van der Waals surface area contributed by atoms with Gasteiger partial charge in [0.05, 0.1) is 12.1 Å². The number of primary amides is 1. The van der Waals surface area contributed by atoms with Crippen molar-refractivity contribution in [2.45, 2.75) is 31.7 Å². The summed E-state index contributed by atoms with van der Waals surface area (Å²) in [6.45, 7) is 5.82. The zero-order chi connectivity index (χ0) is 21.4. The molecule has 1 heterocycles. The number of aromatic nitrogens is 1. The SMILES string of the molecule is C=C(CC)Nc1ccc(C#N)cn1.NC(=O)CNC1(c2cc(F)cc(F)c2)CC1. The maximum absolute atomic E-state index is 13.0. The van der Waals surface area contributed by atoms with Gasteiger partial charge >= 0.3 is 0 Å². The molecule has 0 bridgehead atoms. The summed E-state index contributed by atoms with van der Waals surface area (Å²) in [5.74, 6) is -0.974. The second-order valence-corrected chi connectivity index (χ2v) is 6.69. The highest BCUT2D eigenvalue weighted by Crippen LogP contribution is 2.45. The van der Waals surface area contributed by atoms with Crippen molar-refractivity contribution in [2.75, 3.05) is 11.9 Å². The van der Waals surface area contributed by atoms with Gasteiger partial charge in [0, 0.05) is 23.5 Å². The first kappa shape index (κ1) is 22.0. The maximum atomic E-state index is 13.0. The number of hydrogen-bond acceptors (Lipinski definition) is 5. The van der Waals surface area contributed by atoms with Gasteiger partial charge < -0.3 is 11.1 Å². The fourth-order valence-electron chi connectivity index (χ4n) is 2.58. The van der Waals surface area contributed by atoms with Gasteiger partial charge in [-0.05, 0) is 49.1 Å². The van der Waals surface area contributed by atoms with Crippen LogP contribution in [0.2, 0.25) is 0 Å². The van der Waals surface area contributed by atoms with Crippen LogP contribution >= 0.6 is 0 Å². The highest BCUT2D eigenvalue weighted by atomic mass is 19.1. The second-order valence-electron chi connectivity index (χ2n) is 6.69. The fraction of sp³-hybridized carbons (Fsp3) is 0.286. The summed E-state index contributed by atoms with van der Waals surface area (Å²) in [4.78, 5) is 14.7. The van der Waals surface area contributed by atoms with Crippen molar-refractivity contribution in [3.8, 4) is 6.07 Å². The molecule has 1 amide bonds. The van der Waals surface area contributed by atoms with E-state index in [1.54, 1.807) is 12.1 Å². The van der Waals surface area contributed by atoms with E-state index < -0.39 is 23.1 Å². The molecule has 29 heavy (non-hydrogen) atoms. The smallest absolute Gasteiger partial charge is 0.231 e. The van der Waals surface area contributed by atoms with Crippen LogP contribution in [0.15, 0.2) is 48.8 Å². The molecule has 2 aromatic rings. The van der Waals surface area contributed by atoms with Crippen LogP contribution in [-0.4, -0.2) is 17.4 Å². The third-order valence-corrected chi connectivity index (χ3v) is 4.39. The monoisotopic (exact) mass is 399 g/mol. The molecule has 0 aliphatic heterocycles. The lowest BCUT2D eigenvalue weighted by Crippen LogP contribution is -2.36. The van der Waals surface area contributed by atoms with E-state index >= 15 is 0 Å². The van der Waals surface area contributed by atoms with Crippen LogP contribution in [0.5, 0.6) is 0 Å². The number of nitriles is 1. The lowest BCUT2D eigenvalue weighted by atomic mass is 10.0. The minimum absolute atomic E-state index is 0.0120. The molecule has 0 spiro atoms. The van der Waals surface area contributed by atoms with Crippen molar-refractivity contribution in [3.63, 3.8) is 0 Å². The van der Waals surface area contributed by atoms with E-state index in [-0.39, 0.29) is 6.54 Å². The van der Waals surface area contributed by atoms with Gasteiger partial charge in [-0.2, -0.15) is 5.26 Å². The van der Waals surface area contributed by atoms with Crippen LogP contribution in [0, 0.1) is 23.0 Å². The van der Waals surface area contributed by atoms with Crippen molar-refractivity contribution < 1.29 is 13.6 Å². The van der Waals surface area contributed by atoms with E-state index in [1.165, 1.54) is 18.3 Å². The molecular weight excluding hydrogens is 376 g/mol. The molecule has 1 aromatic heterocycles. The van der Waals surface area contributed by atoms with E-state index in [0.29, 0.717) is 11.1 Å². The maximum Gasteiger partial charge on any atom is 0.231 e. The average molecular weight is 399 g/mol. The number of nitrogens with two attached hydrogens (primary N) is 1. The number of carbonyl (C=O) groups is 1. The largest absolute Gasteiger partial charge is 0.369 e. The quantitative estimate of drug-likeness (QED) is 0.663. The Morgan fingerprint density at radius 2 is 1.97 bits per heavy atom. The molecule has 1 fully saturated rings. The lowest BCUT2D eigenvalue weighted by Gasteiger charge is -2.17. The molecule has 3 rings (SSSR count). The molecular formula is C21H23F2N5O. The van der Waals surface area contributed by atoms with Gasteiger partial charge in [-0.3, -0.25) is 10.1 Å². The number of halogens is 2. The van der Waals surface area contributed by atoms with Crippen LogP contribution in [0.3, 0.4) is 0 Å². The molecule has 1 aromatic carbocycles. The van der Waals surface area contributed by atoms with Crippen molar-refractivity contribution in [2.24, 2.45) is 5.73 Å². The number of nitrogens with zero attached hydrogens (tertiary/aromatic N) is 2. The predicted molar refractivity (Wildman–Crippen MR) is 106 cm³/mol. The first-order valence-electron chi connectivity index (χ1n) is 9.09. The number of anilines is 1. The zero-order valence-corrected chi connectivity index (χ0v) is 16.1. The highest BCUT2D eigenvalue weighted by Gasteiger charge is 2.44. The summed E-state index contributed by atoms with van der Waals surface area (Å²) in [6, 6.07) is 8.88. The summed E-state index contributed by atoms with van der Waals surface area (Å²) in [7, 11) is 0. The molecule has 0 unspecified atom stereocenters. The van der Waals surface area contributed by atoms with E-state index in [0.717, 1.165) is 36.8 Å². The van der Waals surface area contributed by atoms with Crippen LogP contribution in [0.25, 0.3) is 0 Å². The average Bonchev–Trinajstić information content (AvgIpc) is 3.48. The van der Waals surface area contributed by atoms with E-state index in [1.807, 2.05) is 13.0 Å². The number of nitrogens with one attached hydrogen (secondary N) is 2. The van der Waals surface area contributed by atoms with Gasteiger partial charge in [0.1, 0.15) is 23.5 Å². The van der Waals surface area contributed by atoms with Crippen LogP contribution in [0.4, 0.5) is 14.6 Å². The zero-order valence-electron chi connectivity index (χ0n) is 16.1. The Bertz CT molecular complexity index is 897. The topological polar surface area (TPSA) is 104 Å². The molecule has 0 radical (unpaired) electrons. The molecule has 0 saturated heterocycles. The second kappa shape index (κ2) is 9.75. The Labute approximate surface area is 168 Å². The molecule has 1 aliphatic carbocycles. The van der Waals surface area contributed by atoms with Crippen LogP contribution < -0.4 is 16.4 Å². The fourth-order valence-corrected chi connectivity index (χ4v) is 2.58. The lowest BCUT2D eigenvalue weighted by molar-refractivity contribution is -0.117. The first-order valence-corrected chi connectivity index (χ1v) is 9.09. The molecule has 0 atom stereocenters. The summed E-state index contributed by atoms with van der Waals surface area (Å²) in [6.07, 6.45) is 3.90. The third kappa shape index (κ3) is 6.66. The Balaban J connectivity index is 0.000000212. The van der Waals surface area contributed by atoms with Gasteiger partial charge in [0.25, 0.3) is 0 Å². The number of hydrogen-bond donors (Lipinski definition) is 3. The Hall–Kier alpha value is -3.31. The summed E-state index contributed by atoms with van der Waals surface area (Å²) >= 11 is 0. The van der Waals surface area contributed by atoms with E-state index in [2.05, 4.69) is 22.2 Å². The normalized spacial score (nSPS) is 13.4. The van der Waals surface area contributed by atoms with Gasteiger partial charge in [0.2, 0.25) is 5.91 Å². The molecule has 152 valence electrons. The van der Waals surface area contributed by atoms with Gasteiger partial charge in [-0.1, -0.05) is 13.5 Å². The van der Waals surface area contributed by atoms with Crippen LogP contribution in [0.1, 0.15) is 37.3 Å². The molecule has 1 aliphatic rings. The van der Waals surface area contributed by atoms with E-state index in [9.17, 15) is 13.6 Å². The van der Waals surface area contributed by atoms with Gasteiger partial charge in [-0.25, -0.2) is 13.8 Å². The molecule has 4 N–H and O–H groups in total. The number of carbonyl (C=O) groups excluding carboxylic acids is 1. The minimum Gasteiger partial charge on any atom is -0.369 e. The molecule has 1 saturated carbocycles. The number of allylic oxidation sites excluding steroid dienone is 1. The van der Waals surface area contributed by atoms with Crippen molar-refractivity contribution in [1.29, 1.82) is 5.26 Å². The number of rotatable bonds is 7. The number of amides is 1. The van der Waals surface area contributed by atoms with Crippen molar-refractivity contribution in [1.82, 2.24) is 10.3 Å². The molecule has 8 heteroatoms. The number of pyridine rings is 1. The van der Waals surface area contributed by atoms with Crippen molar-refractivity contribution >= 4 is 11.7 Å². The Morgan fingerprint density at radius 1 is 1.31 bits per heavy atom. The van der Waals surface area contributed by atoms with Crippen molar-refractivity contribution in [3.05, 3.63) is 71.6 Å². The van der Waals surface area contributed by atoms with E-state index in [4.69, 9.17) is 11.0 Å². The number of benzene rings is 1. The summed E-state index contributed by atoms with van der Waals surface area (Å²) in [5.41, 5.74) is 6.55. The summed E-state index contributed by atoms with van der Waals surface area (Å²) < 4.78 is 26.1. The molecule has 6 nitrogen and oxygen atoms in total. The standard InChI is InChI=1S/C11H12F2N2O.C10H11N3/c12-8-3-7(4-9(13)5-8)11(1-2-11)15-6-10(14)16;1-3-8(2)13-10-5-4-9(6-11)7-12-10/h3-5,15H,1-2,6H2,(H2,14,16);4-5,7H,2-3H2,1H3,(H,12,13). The first-order chi connectivity index (χ1) is 13.8. The summed E-state index contributed by atoms with van der Waals surface area (Å²) in [5, 5.41) is 14.5. The van der Waals surface area contributed by atoms with Gasteiger partial charge in [-0.15, -0.1) is 0 Å². The van der Waals surface area contributed by atoms with Gasteiger partial charge in [0.15, 0.2) is 0 Å². The minimum atomic E-state index is -0.609. The predicted octanol–water partition coefficient (Wildman–Crippen LogP) is 3.32. The third-order valence-electron chi connectivity index (χ3n) is 4.39. The van der Waals surface area contributed by atoms with Crippen LogP contribution in [-0.2, 0) is 10.3 Å². The highest BCUT2D eigenvalue weighted by molar-refractivity contribution is 5.76.